The highest BCUT2D eigenvalue weighted by Gasteiger charge is 2.45. The Hall–Kier alpha value is -2.82. The van der Waals surface area contributed by atoms with Crippen molar-refractivity contribution in [1.82, 2.24) is 24.5 Å². The molecule has 2 aliphatic rings. The number of hydrogen-bond acceptors (Lipinski definition) is 7. The van der Waals surface area contributed by atoms with Gasteiger partial charge in [-0.25, -0.2) is 14.4 Å². The lowest BCUT2D eigenvalue weighted by Gasteiger charge is -2.38. The smallest absolute Gasteiger partial charge is 0.395 e. The molecule has 1 fully saturated rings. The molecule has 0 aliphatic carbocycles. The Balaban J connectivity index is 1.50. The summed E-state index contributed by atoms with van der Waals surface area (Å²) >= 11 is 0. The van der Waals surface area contributed by atoms with Crippen molar-refractivity contribution >= 4 is 22.5 Å². The van der Waals surface area contributed by atoms with Gasteiger partial charge < -0.3 is 15.2 Å². The fraction of sp³-hybridized carbons (Fsp3) is 0.526. The van der Waals surface area contributed by atoms with Crippen LogP contribution in [0, 0.1) is 0 Å². The molecule has 3 aromatic rings. The zero-order chi connectivity index (χ0) is 21.3. The molecule has 2 atom stereocenters. The van der Waals surface area contributed by atoms with Crippen molar-refractivity contribution in [3.63, 3.8) is 0 Å². The van der Waals surface area contributed by atoms with E-state index in [2.05, 4.69) is 29.4 Å². The van der Waals surface area contributed by atoms with Crippen molar-refractivity contribution in [3.05, 3.63) is 18.0 Å². The second-order valence-electron chi connectivity index (χ2n) is 8.23. The maximum Gasteiger partial charge on any atom is 0.586 e. The number of anilines is 1. The summed E-state index contributed by atoms with van der Waals surface area (Å²) in [6, 6.07) is 2.98. The third-order valence-electron chi connectivity index (χ3n) is 5.66. The zero-order valence-electron chi connectivity index (χ0n) is 16.5. The molecular formula is C19H21F3N6O2. The number of fused-ring (bicyclic) bond motifs is 5. The van der Waals surface area contributed by atoms with Crippen molar-refractivity contribution in [3.8, 4) is 11.5 Å². The van der Waals surface area contributed by atoms with E-state index in [0.29, 0.717) is 36.2 Å². The first-order chi connectivity index (χ1) is 14.1. The van der Waals surface area contributed by atoms with E-state index in [0.717, 1.165) is 13.0 Å². The molecule has 2 aromatic heterocycles. The van der Waals surface area contributed by atoms with Gasteiger partial charge in [-0.2, -0.15) is 4.52 Å². The Morgan fingerprint density at radius 1 is 1.23 bits per heavy atom. The van der Waals surface area contributed by atoms with E-state index in [1.54, 1.807) is 13.0 Å². The van der Waals surface area contributed by atoms with Crippen molar-refractivity contribution < 1.29 is 22.6 Å². The average molecular weight is 422 g/mol. The zero-order valence-corrected chi connectivity index (χ0v) is 16.5. The van der Waals surface area contributed by atoms with Crippen LogP contribution in [0.15, 0.2) is 12.1 Å². The number of hydrogen-bond donors (Lipinski definition) is 1. The van der Waals surface area contributed by atoms with Gasteiger partial charge in [-0.15, -0.1) is 13.9 Å². The SMILES string of the molecule is CC(Cc1nc2c3ccc4c(c3nc(N)n2n1)OC(F)(F)O4)N1CCCC(C)(F)C1. The molecular weight excluding hydrogens is 401 g/mol. The van der Waals surface area contributed by atoms with Crippen LogP contribution in [0.1, 0.15) is 32.5 Å². The van der Waals surface area contributed by atoms with Gasteiger partial charge in [-0.3, -0.25) is 4.90 Å². The molecule has 0 saturated carbocycles. The molecule has 0 spiro atoms. The lowest BCUT2D eigenvalue weighted by Crippen LogP contribution is -2.48. The lowest BCUT2D eigenvalue weighted by molar-refractivity contribution is -0.286. The number of rotatable bonds is 3. The van der Waals surface area contributed by atoms with Crippen molar-refractivity contribution in [2.45, 2.75) is 51.1 Å². The summed E-state index contributed by atoms with van der Waals surface area (Å²) in [6.45, 7) is 4.82. The number of ether oxygens (including phenoxy) is 2. The topological polar surface area (TPSA) is 90.8 Å². The van der Waals surface area contributed by atoms with Crippen LogP contribution >= 0.6 is 0 Å². The Morgan fingerprint density at radius 3 is 2.80 bits per heavy atom. The highest BCUT2D eigenvalue weighted by Crippen LogP contribution is 2.45. The number of alkyl halides is 3. The Bertz CT molecular complexity index is 1150. The lowest BCUT2D eigenvalue weighted by atomic mass is 9.95. The second kappa shape index (κ2) is 6.34. The number of nitrogen functional groups attached to an aromatic ring is 1. The summed E-state index contributed by atoms with van der Waals surface area (Å²) in [6.07, 6.45) is -1.91. The van der Waals surface area contributed by atoms with Gasteiger partial charge >= 0.3 is 6.29 Å². The highest BCUT2D eigenvalue weighted by atomic mass is 19.3. The molecule has 11 heteroatoms. The van der Waals surface area contributed by atoms with Crippen LogP contribution in [0.2, 0.25) is 0 Å². The molecule has 4 heterocycles. The van der Waals surface area contributed by atoms with E-state index in [9.17, 15) is 13.2 Å². The number of likely N-dealkylation sites (tertiary alicyclic amines) is 1. The third kappa shape index (κ3) is 3.17. The third-order valence-corrected chi connectivity index (χ3v) is 5.66. The number of nitrogens with zero attached hydrogens (tertiary/aromatic N) is 5. The molecule has 5 rings (SSSR count). The molecule has 0 bridgehead atoms. The summed E-state index contributed by atoms with van der Waals surface area (Å²) in [5, 5.41) is 4.90. The first kappa shape index (κ1) is 19.2. The largest absolute Gasteiger partial charge is 0.586 e. The quantitative estimate of drug-likeness (QED) is 0.694. The van der Waals surface area contributed by atoms with Crippen molar-refractivity contribution in [1.29, 1.82) is 0 Å². The molecule has 1 saturated heterocycles. The minimum absolute atomic E-state index is 0.00887. The number of nitrogens with two attached hydrogens (primary N) is 1. The van der Waals surface area contributed by atoms with E-state index < -0.39 is 12.0 Å². The fourth-order valence-corrected chi connectivity index (χ4v) is 4.23. The summed E-state index contributed by atoms with van der Waals surface area (Å²) in [5.41, 5.74) is 5.33. The van der Waals surface area contributed by atoms with Gasteiger partial charge in [-0.1, -0.05) is 0 Å². The molecule has 1 aromatic carbocycles. The first-order valence-corrected chi connectivity index (χ1v) is 9.78. The van der Waals surface area contributed by atoms with Crippen molar-refractivity contribution in [2.24, 2.45) is 0 Å². The van der Waals surface area contributed by atoms with Crippen LogP contribution < -0.4 is 15.2 Å². The van der Waals surface area contributed by atoms with E-state index in [-0.39, 0.29) is 29.0 Å². The second-order valence-corrected chi connectivity index (χ2v) is 8.23. The Labute approximate surface area is 169 Å². The predicted molar refractivity (Wildman–Crippen MR) is 102 cm³/mol. The van der Waals surface area contributed by atoms with Crippen LogP contribution in [0.25, 0.3) is 16.6 Å². The summed E-state index contributed by atoms with van der Waals surface area (Å²) in [7, 11) is 0. The summed E-state index contributed by atoms with van der Waals surface area (Å²) < 4.78 is 51.8. The summed E-state index contributed by atoms with van der Waals surface area (Å²) in [4.78, 5) is 10.8. The van der Waals surface area contributed by atoms with Gasteiger partial charge in [0.15, 0.2) is 23.0 Å². The molecule has 160 valence electrons. The monoisotopic (exact) mass is 422 g/mol. The minimum atomic E-state index is -3.76. The molecule has 0 radical (unpaired) electrons. The molecule has 0 amide bonds. The maximum absolute atomic E-state index is 14.4. The maximum atomic E-state index is 14.4. The number of aromatic nitrogens is 4. The van der Waals surface area contributed by atoms with E-state index >= 15 is 0 Å². The standard InChI is InChI=1S/C19H21F3N6O2/c1-10(27-7-3-6-18(2,20)9-27)8-13-24-16-11-4-5-12-15(30-19(21,22)29-12)14(11)25-17(23)28(16)26-13/h4-5,10H,3,6-9H2,1-2H3,(H2,23,25). The van der Waals surface area contributed by atoms with Gasteiger partial charge in [0.1, 0.15) is 11.2 Å². The minimum Gasteiger partial charge on any atom is -0.395 e. The van der Waals surface area contributed by atoms with Gasteiger partial charge in [0.2, 0.25) is 5.95 Å². The first-order valence-electron chi connectivity index (χ1n) is 9.78. The van der Waals surface area contributed by atoms with Crippen LogP contribution in [0.3, 0.4) is 0 Å². The molecule has 2 N–H and O–H groups in total. The Kier molecular flexibility index (Phi) is 4.05. The molecule has 2 aliphatic heterocycles. The van der Waals surface area contributed by atoms with Gasteiger partial charge in [0, 0.05) is 24.4 Å². The number of halogens is 3. The van der Waals surface area contributed by atoms with E-state index in [1.165, 1.54) is 10.6 Å². The number of piperidine rings is 1. The molecule has 8 nitrogen and oxygen atoms in total. The average Bonchev–Trinajstić information content (AvgIpc) is 3.21. The van der Waals surface area contributed by atoms with Gasteiger partial charge in [0.25, 0.3) is 0 Å². The molecule has 2 unspecified atom stereocenters. The fourth-order valence-electron chi connectivity index (χ4n) is 4.23. The van der Waals surface area contributed by atoms with Crippen LogP contribution in [0.5, 0.6) is 11.5 Å². The normalized spacial score (nSPS) is 24.6. The number of benzene rings is 1. The van der Waals surface area contributed by atoms with Crippen LogP contribution in [-0.2, 0) is 6.42 Å². The van der Waals surface area contributed by atoms with Crippen LogP contribution in [0.4, 0.5) is 19.1 Å². The molecule has 30 heavy (non-hydrogen) atoms. The van der Waals surface area contributed by atoms with Crippen LogP contribution in [-0.4, -0.2) is 55.6 Å². The predicted octanol–water partition coefficient (Wildman–Crippen LogP) is 2.94. The Morgan fingerprint density at radius 2 is 2.03 bits per heavy atom. The highest BCUT2D eigenvalue weighted by molar-refractivity contribution is 5.97. The van der Waals surface area contributed by atoms with Gasteiger partial charge in [0.05, 0.1) is 0 Å². The van der Waals surface area contributed by atoms with E-state index in [4.69, 9.17) is 5.73 Å². The van der Waals surface area contributed by atoms with E-state index in [1.807, 2.05) is 6.92 Å². The van der Waals surface area contributed by atoms with Crippen molar-refractivity contribution in [2.75, 3.05) is 18.8 Å². The summed E-state index contributed by atoms with van der Waals surface area (Å²) in [5.74, 6) is 0.208. The van der Waals surface area contributed by atoms with Gasteiger partial charge in [-0.05, 0) is 45.4 Å².